The second-order valence-electron chi connectivity index (χ2n) is 9.24. The van der Waals surface area contributed by atoms with Crippen molar-refractivity contribution in [3.05, 3.63) is 118 Å². The summed E-state index contributed by atoms with van der Waals surface area (Å²) in [6, 6.07) is 31.2. The third kappa shape index (κ3) is 2.68. The summed E-state index contributed by atoms with van der Waals surface area (Å²) in [5.41, 5.74) is 13.8. The number of fused-ring (bicyclic) bond motifs is 6. The summed E-state index contributed by atoms with van der Waals surface area (Å²) in [5, 5.41) is 10.3. The molecule has 0 radical (unpaired) electrons. The molecule has 1 nitrogen and oxygen atoms in total. The van der Waals surface area contributed by atoms with Crippen molar-refractivity contribution >= 4 is 0 Å². The standard InChI is InChI=1S/C31H28O/c1-2-31(17-18-32,29-15-7-13-25-23-11-5-3-9-21(23)19-27(25)29)30-16-8-14-26-24-12-6-4-10-22(24)20-28(26)30/h3-16,32H,2,17-20H2,1H3. The molecular weight excluding hydrogens is 388 g/mol. The van der Waals surface area contributed by atoms with Crippen LogP contribution in [0.1, 0.15) is 53.1 Å². The minimum atomic E-state index is -0.199. The van der Waals surface area contributed by atoms with E-state index in [1.54, 1.807) is 0 Å². The molecule has 32 heavy (non-hydrogen) atoms. The fourth-order valence-corrected chi connectivity index (χ4v) is 6.37. The van der Waals surface area contributed by atoms with Gasteiger partial charge >= 0.3 is 0 Å². The number of rotatable bonds is 5. The highest BCUT2D eigenvalue weighted by Crippen LogP contribution is 2.50. The molecule has 0 saturated heterocycles. The first kappa shape index (κ1) is 19.5. The van der Waals surface area contributed by atoms with Crippen LogP contribution in [0, 0.1) is 0 Å². The average Bonchev–Trinajstić information content (AvgIpc) is 3.41. The average molecular weight is 417 g/mol. The van der Waals surface area contributed by atoms with Crippen molar-refractivity contribution in [2.24, 2.45) is 0 Å². The minimum Gasteiger partial charge on any atom is -0.396 e. The first-order valence-corrected chi connectivity index (χ1v) is 11.8. The summed E-state index contributed by atoms with van der Waals surface area (Å²) in [7, 11) is 0. The van der Waals surface area contributed by atoms with Gasteiger partial charge in [0.2, 0.25) is 0 Å². The second-order valence-corrected chi connectivity index (χ2v) is 9.24. The summed E-state index contributed by atoms with van der Waals surface area (Å²) in [6.45, 7) is 2.47. The number of aliphatic hydroxyl groups is 1. The van der Waals surface area contributed by atoms with Crippen LogP contribution in [0.3, 0.4) is 0 Å². The van der Waals surface area contributed by atoms with Crippen molar-refractivity contribution in [2.75, 3.05) is 6.61 Å². The van der Waals surface area contributed by atoms with Gasteiger partial charge in [-0.05, 0) is 81.3 Å². The van der Waals surface area contributed by atoms with Gasteiger partial charge in [0, 0.05) is 12.0 Å². The topological polar surface area (TPSA) is 20.2 Å². The first-order valence-electron chi connectivity index (χ1n) is 11.8. The lowest BCUT2D eigenvalue weighted by molar-refractivity contribution is 0.249. The van der Waals surface area contributed by atoms with E-state index in [0.717, 1.165) is 25.7 Å². The maximum absolute atomic E-state index is 10.3. The molecule has 4 aromatic rings. The second kappa shape index (κ2) is 7.46. The summed E-state index contributed by atoms with van der Waals surface area (Å²) in [6.07, 6.45) is 3.66. The van der Waals surface area contributed by atoms with Crippen LogP contribution in [0.2, 0.25) is 0 Å². The molecule has 0 bridgehead atoms. The molecule has 4 aromatic carbocycles. The van der Waals surface area contributed by atoms with E-state index in [1.807, 2.05) is 0 Å². The van der Waals surface area contributed by atoms with Gasteiger partial charge in [0.25, 0.3) is 0 Å². The SMILES string of the molecule is CCC(CCO)(c1cccc2c1Cc1ccccc1-2)c1cccc2c1Cc1ccccc1-2. The van der Waals surface area contributed by atoms with Gasteiger partial charge in [-0.15, -0.1) is 0 Å². The van der Waals surface area contributed by atoms with Crippen LogP contribution in [0.25, 0.3) is 22.3 Å². The van der Waals surface area contributed by atoms with E-state index in [0.29, 0.717) is 0 Å². The zero-order valence-corrected chi connectivity index (χ0v) is 18.6. The van der Waals surface area contributed by atoms with Crippen molar-refractivity contribution in [1.82, 2.24) is 0 Å². The Kier molecular flexibility index (Phi) is 4.55. The van der Waals surface area contributed by atoms with Gasteiger partial charge in [0.05, 0.1) is 0 Å². The van der Waals surface area contributed by atoms with Crippen molar-refractivity contribution in [2.45, 2.75) is 38.0 Å². The monoisotopic (exact) mass is 416 g/mol. The predicted octanol–water partition coefficient (Wildman–Crippen LogP) is 6.91. The molecule has 0 aliphatic heterocycles. The van der Waals surface area contributed by atoms with Crippen LogP contribution in [-0.2, 0) is 18.3 Å². The Hall–Kier alpha value is -3.16. The highest BCUT2D eigenvalue weighted by atomic mass is 16.3. The highest BCUT2D eigenvalue weighted by molar-refractivity contribution is 5.81. The molecule has 0 fully saturated rings. The van der Waals surface area contributed by atoms with Crippen LogP contribution in [0.15, 0.2) is 84.9 Å². The Morgan fingerprint density at radius 3 is 1.56 bits per heavy atom. The van der Waals surface area contributed by atoms with Gasteiger partial charge < -0.3 is 5.11 Å². The van der Waals surface area contributed by atoms with E-state index in [-0.39, 0.29) is 12.0 Å². The van der Waals surface area contributed by atoms with Gasteiger partial charge in [0.1, 0.15) is 0 Å². The summed E-state index contributed by atoms with van der Waals surface area (Å²) in [4.78, 5) is 0. The molecule has 0 amide bonds. The van der Waals surface area contributed by atoms with E-state index >= 15 is 0 Å². The van der Waals surface area contributed by atoms with Gasteiger partial charge in [-0.3, -0.25) is 0 Å². The van der Waals surface area contributed by atoms with Crippen LogP contribution in [0.4, 0.5) is 0 Å². The number of benzene rings is 4. The highest BCUT2D eigenvalue weighted by Gasteiger charge is 2.39. The van der Waals surface area contributed by atoms with Crippen molar-refractivity contribution in [3.63, 3.8) is 0 Å². The number of hydrogen-bond acceptors (Lipinski definition) is 1. The molecule has 0 heterocycles. The Morgan fingerprint density at radius 2 is 1.09 bits per heavy atom. The van der Waals surface area contributed by atoms with Crippen LogP contribution < -0.4 is 0 Å². The fourth-order valence-electron chi connectivity index (χ4n) is 6.37. The van der Waals surface area contributed by atoms with E-state index < -0.39 is 0 Å². The van der Waals surface area contributed by atoms with Crippen molar-refractivity contribution in [3.8, 4) is 22.3 Å². The number of hydrogen-bond donors (Lipinski definition) is 1. The molecule has 1 N–H and O–H groups in total. The molecule has 0 saturated carbocycles. The third-order valence-electron chi connectivity index (χ3n) is 7.87. The minimum absolute atomic E-state index is 0.182. The molecule has 0 unspecified atom stereocenters. The Morgan fingerprint density at radius 1 is 0.625 bits per heavy atom. The smallest absolute Gasteiger partial charge is 0.0442 e. The lowest BCUT2D eigenvalue weighted by atomic mass is 9.66. The largest absolute Gasteiger partial charge is 0.396 e. The summed E-state index contributed by atoms with van der Waals surface area (Å²) >= 11 is 0. The lowest BCUT2D eigenvalue weighted by Gasteiger charge is -2.37. The van der Waals surface area contributed by atoms with Crippen LogP contribution in [-0.4, -0.2) is 11.7 Å². The zero-order chi connectivity index (χ0) is 21.7. The molecular formula is C31H28O. The molecule has 0 spiro atoms. The van der Waals surface area contributed by atoms with Crippen molar-refractivity contribution in [1.29, 1.82) is 0 Å². The zero-order valence-electron chi connectivity index (χ0n) is 18.6. The van der Waals surface area contributed by atoms with Gasteiger partial charge in [-0.2, -0.15) is 0 Å². The maximum Gasteiger partial charge on any atom is 0.0442 e. The van der Waals surface area contributed by atoms with Crippen molar-refractivity contribution < 1.29 is 5.11 Å². The van der Waals surface area contributed by atoms with Gasteiger partial charge in [-0.25, -0.2) is 0 Å². The Labute approximate surface area is 190 Å². The molecule has 2 aliphatic rings. The maximum atomic E-state index is 10.3. The predicted molar refractivity (Wildman–Crippen MR) is 132 cm³/mol. The molecule has 0 atom stereocenters. The van der Waals surface area contributed by atoms with E-state index in [2.05, 4.69) is 91.9 Å². The van der Waals surface area contributed by atoms with E-state index in [9.17, 15) is 5.11 Å². The van der Waals surface area contributed by atoms with E-state index in [4.69, 9.17) is 0 Å². The molecule has 0 aromatic heterocycles. The Bertz CT molecular complexity index is 1230. The summed E-state index contributed by atoms with van der Waals surface area (Å²) in [5.74, 6) is 0. The van der Waals surface area contributed by atoms with E-state index in [1.165, 1.54) is 55.6 Å². The van der Waals surface area contributed by atoms with Crippen LogP contribution >= 0.6 is 0 Å². The normalized spacial score (nSPS) is 13.4. The molecule has 6 rings (SSSR count). The molecule has 158 valence electrons. The summed E-state index contributed by atoms with van der Waals surface area (Å²) < 4.78 is 0. The fraction of sp³-hybridized carbons (Fsp3) is 0.226. The number of aliphatic hydroxyl groups excluding tert-OH is 1. The third-order valence-corrected chi connectivity index (χ3v) is 7.87. The quantitative estimate of drug-likeness (QED) is 0.324. The lowest BCUT2D eigenvalue weighted by Crippen LogP contribution is -2.31. The molecule has 2 aliphatic carbocycles. The van der Waals surface area contributed by atoms with Crippen LogP contribution in [0.5, 0.6) is 0 Å². The molecule has 1 heteroatoms. The Balaban J connectivity index is 1.59. The van der Waals surface area contributed by atoms with Gasteiger partial charge in [0.15, 0.2) is 0 Å². The first-order chi connectivity index (χ1) is 15.8. The van der Waals surface area contributed by atoms with Gasteiger partial charge in [-0.1, -0.05) is 91.9 Å².